The Balaban J connectivity index is 2.21. The molecule has 2 aromatic rings. The van der Waals surface area contributed by atoms with Crippen LogP contribution >= 0.6 is 0 Å². The maximum absolute atomic E-state index is 12.9. The van der Waals surface area contributed by atoms with E-state index in [9.17, 15) is 4.79 Å². The lowest BCUT2D eigenvalue weighted by Crippen LogP contribution is -2.33. The third-order valence-corrected chi connectivity index (χ3v) is 4.92. The van der Waals surface area contributed by atoms with Crippen LogP contribution in [0.5, 0.6) is 5.75 Å². The first kappa shape index (κ1) is 20.0. The van der Waals surface area contributed by atoms with Crippen molar-refractivity contribution in [3.63, 3.8) is 0 Å². The topological polar surface area (TPSA) is 38.3 Å². The highest BCUT2D eigenvalue weighted by atomic mass is 16.5. The number of anilines is 1. The normalized spacial score (nSPS) is 13.2. The molecule has 0 radical (unpaired) electrons. The average molecular weight is 354 g/mol. The number of nitrogens with one attached hydrogen (secondary N) is 1. The van der Waals surface area contributed by atoms with Gasteiger partial charge in [0.15, 0.2) is 6.10 Å². The van der Waals surface area contributed by atoms with Crippen LogP contribution < -0.4 is 10.1 Å². The minimum absolute atomic E-state index is 0.0958. The Kier molecular flexibility index (Phi) is 6.84. The van der Waals surface area contributed by atoms with E-state index in [4.69, 9.17) is 4.74 Å². The van der Waals surface area contributed by atoms with E-state index in [1.807, 2.05) is 39.0 Å². The first-order chi connectivity index (χ1) is 12.4. The fourth-order valence-electron chi connectivity index (χ4n) is 3.27. The van der Waals surface area contributed by atoms with Crippen LogP contribution in [0.4, 0.5) is 5.69 Å². The molecule has 2 atom stereocenters. The Bertz CT molecular complexity index is 744. The zero-order valence-electron chi connectivity index (χ0n) is 16.8. The number of carbonyl (C=O) groups is 1. The van der Waals surface area contributed by atoms with E-state index in [0.717, 1.165) is 34.5 Å². The summed E-state index contributed by atoms with van der Waals surface area (Å²) in [6.07, 6.45) is 1.13. The van der Waals surface area contributed by atoms with Gasteiger partial charge in [-0.05, 0) is 62.3 Å². The molecule has 0 aliphatic heterocycles. The van der Waals surface area contributed by atoms with E-state index in [1.54, 1.807) is 0 Å². The van der Waals surface area contributed by atoms with Crippen LogP contribution in [0.2, 0.25) is 0 Å². The number of aryl methyl sites for hydroxylation is 3. The van der Waals surface area contributed by atoms with Gasteiger partial charge in [0.1, 0.15) is 5.75 Å². The first-order valence-electron chi connectivity index (χ1n) is 9.51. The van der Waals surface area contributed by atoms with E-state index in [1.165, 1.54) is 5.56 Å². The lowest BCUT2D eigenvalue weighted by molar-refractivity contribution is -0.122. The van der Waals surface area contributed by atoms with Gasteiger partial charge in [-0.2, -0.15) is 0 Å². The van der Waals surface area contributed by atoms with Crippen molar-refractivity contribution in [2.75, 3.05) is 5.32 Å². The zero-order valence-corrected chi connectivity index (χ0v) is 16.8. The van der Waals surface area contributed by atoms with Crippen LogP contribution in [0.3, 0.4) is 0 Å². The summed E-state index contributed by atoms with van der Waals surface area (Å²) in [6.45, 7) is 12.4. The molecule has 3 heteroatoms. The molecule has 0 bridgehead atoms. The molecule has 0 heterocycles. The van der Waals surface area contributed by atoms with Gasteiger partial charge in [-0.15, -0.1) is 0 Å². The highest BCUT2D eigenvalue weighted by Crippen LogP contribution is 2.30. The Labute approximate surface area is 157 Å². The molecular formula is C23H31NO2. The van der Waals surface area contributed by atoms with Crippen molar-refractivity contribution in [2.45, 2.75) is 66.4 Å². The summed E-state index contributed by atoms with van der Waals surface area (Å²) in [5.74, 6) is 1.11. The van der Waals surface area contributed by atoms with Crippen LogP contribution in [0.15, 0.2) is 36.4 Å². The molecule has 0 saturated carbocycles. The summed E-state index contributed by atoms with van der Waals surface area (Å²) in [7, 11) is 0. The summed E-state index contributed by atoms with van der Waals surface area (Å²) in [5, 5.41) is 3.08. The fourth-order valence-corrected chi connectivity index (χ4v) is 3.27. The molecule has 2 aromatic carbocycles. The Morgan fingerprint density at radius 3 is 2.23 bits per heavy atom. The van der Waals surface area contributed by atoms with Crippen LogP contribution in [0.25, 0.3) is 0 Å². The van der Waals surface area contributed by atoms with Gasteiger partial charge >= 0.3 is 0 Å². The maximum Gasteiger partial charge on any atom is 0.265 e. The zero-order chi connectivity index (χ0) is 19.3. The number of benzene rings is 2. The molecule has 140 valence electrons. The quantitative estimate of drug-likeness (QED) is 0.671. The number of ether oxygens (including phenoxy) is 1. The third-order valence-electron chi connectivity index (χ3n) is 4.92. The van der Waals surface area contributed by atoms with Gasteiger partial charge in [0.2, 0.25) is 0 Å². The molecular weight excluding hydrogens is 322 g/mol. The Hall–Kier alpha value is -2.29. The van der Waals surface area contributed by atoms with Crippen molar-refractivity contribution in [2.24, 2.45) is 0 Å². The largest absolute Gasteiger partial charge is 0.480 e. The number of rotatable bonds is 7. The van der Waals surface area contributed by atoms with Gasteiger partial charge in [-0.3, -0.25) is 4.79 Å². The fraction of sp³-hybridized carbons (Fsp3) is 0.435. The first-order valence-corrected chi connectivity index (χ1v) is 9.51. The Morgan fingerprint density at radius 2 is 1.65 bits per heavy atom. The Morgan fingerprint density at radius 1 is 1.04 bits per heavy atom. The van der Waals surface area contributed by atoms with Crippen molar-refractivity contribution >= 4 is 11.6 Å². The van der Waals surface area contributed by atoms with Crippen molar-refractivity contribution in [3.05, 3.63) is 58.7 Å². The standard InChI is InChI=1S/C23H31NO2/c1-7-16(4)19-11-9-10-12-21(19)26-20(8-2)23(25)24-22-17(5)13-15(3)14-18(22)6/h9-14,16,20H,7-8H2,1-6H3,(H,24,25). The molecule has 2 unspecified atom stereocenters. The number of carbonyl (C=O) groups excluding carboxylic acids is 1. The second kappa shape index (κ2) is 8.88. The van der Waals surface area contributed by atoms with Crippen molar-refractivity contribution < 1.29 is 9.53 Å². The van der Waals surface area contributed by atoms with E-state index in [-0.39, 0.29) is 5.91 Å². The van der Waals surface area contributed by atoms with E-state index < -0.39 is 6.10 Å². The monoisotopic (exact) mass is 353 g/mol. The van der Waals surface area contributed by atoms with Crippen LogP contribution in [-0.4, -0.2) is 12.0 Å². The lowest BCUT2D eigenvalue weighted by Gasteiger charge is -2.22. The molecule has 1 N–H and O–H groups in total. The lowest BCUT2D eigenvalue weighted by atomic mass is 9.98. The van der Waals surface area contributed by atoms with Crippen LogP contribution in [-0.2, 0) is 4.79 Å². The smallest absolute Gasteiger partial charge is 0.265 e. The van der Waals surface area contributed by atoms with Gasteiger partial charge in [0.25, 0.3) is 5.91 Å². The SMILES string of the molecule is CCC(Oc1ccccc1C(C)CC)C(=O)Nc1c(C)cc(C)cc1C. The minimum atomic E-state index is -0.514. The van der Waals surface area contributed by atoms with Crippen molar-refractivity contribution in [1.82, 2.24) is 0 Å². The molecule has 26 heavy (non-hydrogen) atoms. The van der Waals surface area contributed by atoms with Gasteiger partial charge in [0.05, 0.1) is 0 Å². The summed E-state index contributed by atoms with van der Waals surface area (Å²) in [4.78, 5) is 12.9. The number of amides is 1. The van der Waals surface area contributed by atoms with Gasteiger partial charge in [0, 0.05) is 5.69 Å². The summed E-state index contributed by atoms with van der Waals surface area (Å²) >= 11 is 0. The summed E-state index contributed by atoms with van der Waals surface area (Å²) < 4.78 is 6.14. The summed E-state index contributed by atoms with van der Waals surface area (Å²) in [5.41, 5.74) is 5.39. The molecule has 0 fully saturated rings. The van der Waals surface area contributed by atoms with E-state index in [0.29, 0.717) is 12.3 Å². The second-order valence-electron chi connectivity index (χ2n) is 7.12. The predicted octanol–water partition coefficient (Wildman–Crippen LogP) is 5.92. The molecule has 2 rings (SSSR count). The molecule has 1 amide bonds. The van der Waals surface area contributed by atoms with E-state index in [2.05, 4.69) is 44.3 Å². The second-order valence-corrected chi connectivity index (χ2v) is 7.12. The van der Waals surface area contributed by atoms with Gasteiger partial charge in [-0.1, -0.05) is 56.7 Å². The molecule has 0 aliphatic rings. The van der Waals surface area contributed by atoms with Crippen molar-refractivity contribution in [1.29, 1.82) is 0 Å². The highest BCUT2D eigenvalue weighted by Gasteiger charge is 2.22. The number of hydrogen-bond donors (Lipinski definition) is 1. The molecule has 0 aliphatic carbocycles. The van der Waals surface area contributed by atoms with Crippen molar-refractivity contribution in [3.8, 4) is 5.75 Å². The van der Waals surface area contributed by atoms with E-state index >= 15 is 0 Å². The molecule has 0 saturated heterocycles. The van der Waals surface area contributed by atoms with Crippen LogP contribution in [0, 0.1) is 20.8 Å². The molecule has 0 spiro atoms. The predicted molar refractivity (Wildman–Crippen MR) is 109 cm³/mol. The maximum atomic E-state index is 12.9. The molecule has 3 nitrogen and oxygen atoms in total. The average Bonchev–Trinajstić information content (AvgIpc) is 2.62. The summed E-state index contributed by atoms with van der Waals surface area (Å²) in [6, 6.07) is 12.2. The van der Waals surface area contributed by atoms with Crippen LogP contribution in [0.1, 0.15) is 61.8 Å². The minimum Gasteiger partial charge on any atom is -0.480 e. The number of para-hydroxylation sites is 1. The van der Waals surface area contributed by atoms with Gasteiger partial charge < -0.3 is 10.1 Å². The highest BCUT2D eigenvalue weighted by molar-refractivity contribution is 5.95. The third kappa shape index (κ3) is 4.66. The molecule has 0 aromatic heterocycles. The van der Waals surface area contributed by atoms with Gasteiger partial charge in [-0.25, -0.2) is 0 Å². The number of hydrogen-bond acceptors (Lipinski definition) is 2.